The Morgan fingerprint density at radius 3 is 2.53 bits per heavy atom. The van der Waals surface area contributed by atoms with Gasteiger partial charge in [0.2, 0.25) is 0 Å². The molecule has 1 aromatic heterocycles. The summed E-state index contributed by atoms with van der Waals surface area (Å²) in [5.74, 6) is -1.76. The molecule has 0 bridgehead atoms. The number of hydrogen-bond donors (Lipinski definition) is 1. The van der Waals surface area contributed by atoms with E-state index in [1.54, 1.807) is 37.3 Å². The number of carbonyl (C=O) groups is 2. The number of benzene rings is 2. The molecule has 0 saturated heterocycles. The Morgan fingerprint density at radius 2 is 1.87 bits per heavy atom. The molecule has 0 fully saturated rings. The van der Waals surface area contributed by atoms with Gasteiger partial charge < -0.3 is 10.1 Å². The highest BCUT2D eigenvalue weighted by Gasteiger charge is 2.19. The second kappa shape index (κ2) is 8.86. The molecule has 7 nitrogen and oxygen atoms in total. The lowest BCUT2D eigenvalue weighted by Crippen LogP contribution is -2.29. The van der Waals surface area contributed by atoms with Crippen LogP contribution in [0.3, 0.4) is 0 Å². The van der Waals surface area contributed by atoms with Gasteiger partial charge in [0.05, 0.1) is 5.39 Å². The zero-order valence-electron chi connectivity index (χ0n) is 16.9. The zero-order chi connectivity index (χ0) is 21.8. The fraction of sp³-hybridized carbons (Fsp3) is 0.273. The van der Waals surface area contributed by atoms with E-state index in [1.165, 1.54) is 16.8 Å². The number of nitrogens with zero attached hydrogens (tertiary/aromatic N) is 2. The molecule has 8 heteroatoms. The van der Waals surface area contributed by atoms with E-state index < -0.39 is 24.3 Å². The van der Waals surface area contributed by atoms with Crippen molar-refractivity contribution in [1.29, 1.82) is 0 Å². The van der Waals surface area contributed by atoms with Crippen LogP contribution in [0.5, 0.6) is 0 Å². The van der Waals surface area contributed by atoms with Gasteiger partial charge in [0.25, 0.3) is 11.5 Å². The third-order valence-electron chi connectivity index (χ3n) is 4.39. The number of carbonyl (C=O) groups excluding carboxylic acids is 2. The van der Waals surface area contributed by atoms with E-state index in [9.17, 15) is 18.8 Å². The topological polar surface area (TPSA) is 90.3 Å². The molecule has 156 valence electrons. The van der Waals surface area contributed by atoms with Crippen LogP contribution in [-0.4, -0.2) is 28.3 Å². The standard InChI is InChI=1S/C22H22FN3O4/c1-13(2)11-26-21(28)17-7-5-4-6-16(17)20(25-26)22(29)30-12-19(27)24-15-9-8-14(3)18(23)10-15/h4-10,13H,11-12H2,1-3H3,(H,24,27). The Kier molecular flexibility index (Phi) is 6.25. The van der Waals surface area contributed by atoms with Crippen LogP contribution in [0.2, 0.25) is 0 Å². The van der Waals surface area contributed by atoms with Gasteiger partial charge in [-0.05, 0) is 36.6 Å². The molecular weight excluding hydrogens is 389 g/mol. The molecule has 30 heavy (non-hydrogen) atoms. The SMILES string of the molecule is Cc1ccc(NC(=O)COC(=O)c2nn(CC(C)C)c(=O)c3ccccc23)cc1F. The zero-order valence-corrected chi connectivity index (χ0v) is 16.9. The molecule has 0 aliphatic heterocycles. The minimum atomic E-state index is -0.825. The smallest absolute Gasteiger partial charge is 0.359 e. The first-order chi connectivity index (χ1) is 14.3. The number of amides is 1. The highest BCUT2D eigenvalue weighted by atomic mass is 19.1. The quantitative estimate of drug-likeness (QED) is 0.629. The number of nitrogens with one attached hydrogen (secondary N) is 1. The van der Waals surface area contributed by atoms with E-state index in [0.717, 1.165) is 0 Å². The number of ether oxygens (including phenoxy) is 1. The van der Waals surface area contributed by atoms with Crippen molar-refractivity contribution in [2.24, 2.45) is 5.92 Å². The first kappa shape index (κ1) is 21.2. The molecule has 1 N–H and O–H groups in total. The number of fused-ring (bicyclic) bond motifs is 1. The highest BCUT2D eigenvalue weighted by molar-refractivity contribution is 6.03. The lowest BCUT2D eigenvalue weighted by atomic mass is 10.1. The molecule has 0 atom stereocenters. The van der Waals surface area contributed by atoms with Gasteiger partial charge in [-0.3, -0.25) is 9.59 Å². The molecule has 3 rings (SSSR count). The molecule has 0 spiro atoms. The Bertz CT molecular complexity index is 1170. The summed E-state index contributed by atoms with van der Waals surface area (Å²) in [4.78, 5) is 37.3. The molecule has 2 aromatic carbocycles. The number of aryl methyl sites for hydroxylation is 1. The van der Waals surface area contributed by atoms with E-state index >= 15 is 0 Å². The van der Waals surface area contributed by atoms with E-state index in [-0.39, 0.29) is 22.9 Å². The number of halogens is 1. The van der Waals surface area contributed by atoms with Crippen molar-refractivity contribution in [2.45, 2.75) is 27.3 Å². The van der Waals surface area contributed by atoms with Crippen LogP contribution in [0.15, 0.2) is 47.3 Å². The van der Waals surface area contributed by atoms with E-state index in [1.807, 2.05) is 13.8 Å². The van der Waals surface area contributed by atoms with Crippen LogP contribution < -0.4 is 10.9 Å². The van der Waals surface area contributed by atoms with Crippen LogP contribution in [0, 0.1) is 18.7 Å². The lowest BCUT2D eigenvalue weighted by molar-refractivity contribution is -0.119. The summed E-state index contributed by atoms with van der Waals surface area (Å²) in [5.41, 5.74) is 0.372. The number of hydrogen-bond acceptors (Lipinski definition) is 5. The highest BCUT2D eigenvalue weighted by Crippen LogP contribution is 2.16. The Balaban J connectivity index is 1.79. The maximum absolute atomic E-state index is 13.6. The van der Waals surface area contributed by atoms with Crippen molar-refractivity contribution in [1.82, 2.24) is 9.78 Å². The molecule has 0 aliphatic rings. The second-order valence-electron chi connectivity index (χ2n) is 7.36. The van der Waals surface area contributed by atoms with Crippen LogP contribution in [0.1, 0.15) is 29.9 Å². The number of rotatable bonds is 6. The second-order valence-corrected chi connectivity index (χ2v) is 7.36. The minimum absolute atomic E-state index is 0.0416. The summed E-state index contributed by atoms with van der Waals surface area (Å²) in [6.45, 7) is 5.23. The number of anilines is 1. The van der Waals surface area contributed by atoms with Gasteiger partial charge in [-0.25, -0.2) is 13.9 Å². The summed E-state index contributed by atoms with van der Waals surface area (Å²) in [7, 11) is 0. The monoisotopic (exact) mass is 411 g/mol. The van der Waals surface area contributed by atoms with E-state index in [0.29, 0.717) is 22.9 Å². The van der Waals surface area contributed by atoms with Crippen molar-refractivity contribution < 1.29 is 18.7 Å². The normalized spacial score (nSPS) is 11.0. The molecule has 1 amide bonds. The molecule has 0 unspecified atom stereocenters. The molecule has 3 aromatic rings. The number of esters is 1. The van der Waals surface area contributed by atoms with E-state index in [4.69, 9.17) is 4.74 Å². The third-order valence-corrected chi connectivity index (χ3v) is 4.39. The van der Waals surface area contributed by atoms with Gasteiger partial charge in [0.1, 0.15) is 5.82 Å². The predicted octanol–water partition coefficient (Wildman–Crippen LogP) is 3.30. The van der Waals surface area contributed by atoms with Crippen molar-refractivity contribution >= 4 is 28.3 Å². The first-order valence-electron chi connectivity index (χ1n) is 9.49. The molecule has 0 saturated carbocycles. The molecule has 0 aliphatic carbocycles. The van der Waals surface area contributed by atoms with Gasteiger partial charge in [-0.2, -0.15) is 5.10 Å². The van der Waals surface area contributed by atoms with Gasteiger partial charge in [-0.15, -0.1) is 0 Å². The lowest BCUT2D eigenvalue weighted by Gasteiger charge is -2.12. The Labute approximate surface area is 172 Å². The first-order valence-corrected chi connectivity index (χ1v) is 9.49. The van der Waals surface area contributed by atoms with Gasteiger partial charge in [0, 0.05) is 17.6 Å². The summed E-state index contributed by atoms with van der Waals surface area (Å²) in [6.07, 6.45) is 0. The van der Waals surface area contributed by atoms with Gasteiger partial charge in [0.15, 0.2) is 12.3 Å². The minimum Gasteiger partial charge on any atom is -0.451 e. The fourth-order valence-corrected chi connectivity index (χ4v) is 2.92. The summed E-state index contributed by atoms with van der Waals surface area (Å²) in [5, 5.41) is 7.34. The van der Waals surface area contributed by atoms with Gasteiger partial charge in [-0.1, -0.05) is 38.1 Å². The van der Waals surface area contributed by atoms with Crippen molar-refractivity contribution in [3.8, 4) is 0 Å². The van der Waals surface area contributed by atoms with Crippen LogP contribution >= 0.6 is 0 Å². The molecule has 1 heterocycles. The maximum Gasteiger partial charge on any atom is 0.359 e. The third kappa shape index (κ3) is 4.71. The fourth-order valence-electron chi connectivity index (χ4n) is 2.92. The largest absolute Gasteiger partial charge is 0.451 e. The van der Waals surface area contributed by atoms with Crippen molar-refractivity contribution in [3.05, 3.63) is 69.9 Å². The van der Waals surface area contributed by atoms with Gasteiger partial charge >= 0.3 is 5.97 Å². The summed E-state index contributed by atoms with van der Waals surface area (Å²) in [6, 6.07) is 10.9. The van der Waals surface area contributed by atoms with Crippen molar-refractivity contribution in [3.63, 3.8) is 0 Å². The average Bonchev–Trinajstić information content (AvgIpc) is 2.71. The average molecular weight is 411 g/mol. The van der Waals surface area contributed by atoms with Crippen LogP contribution in [-0.2, 0) is 16.1 Å². The van der Waals surface area contributed by atoms with E-state index in [2.05, 4.69) is 10.4 Å². The maximum atomic E-state index is 13.6. The van der Waals surface area contributed by atoms with Crippen LogP contribution in [0.4, 0.5) is 10.1 Å². The Morgan fingerprint density at radius 1 is 1.17 bits per heavy atom. The summed E-state index contributed by atoms with van der Waals surface area (Å²) < 4.78 is 19.9. The van der Waals surface area contributed by atoms with Crippen molar-refractivity contribution in [2.75, 3.05) is 11.9 Å². The molecular formula is C22H22FN3O4. The molecule has 0 radical (unpaired) electrons. The summed E-state index contributed by atoms with van der Waals surface area (Å²) >= 11 is 0. The Hall–Kier alpha value is -3.55. The number of aromatic nitrogens is 2. The van der Waals surface area contributed by atoms with Crippen LogP contribution in [0.25, 0.3) is 10.8 Å². The predicted molar refractivity (Wildman–Crippen MR) is 111 cm³/mol.